The summed E-state index contributed by atoms with van der Waals surface area (Å²) in [5, 5.41) is 9.12. The lowest BCUT2D eigenvalue weighted by Gasteiger charge is -2.21. The lowest BCUT2D eigenvalue weighted by molar-refractivity contribution is 0.189. The van der Waals surface area contributed by atoms with Gasteiger partial charge in [-0.05, 0) is 58.5 Å². The summed E-state index contributed by atoms with van der Waals surface area (Å²) in [4.78, 5) is 2.37. The Bertz CT molecular complexity index is 152. The van der Waals surface area contributed by atoms with Crippen LogP contribution in [0.4, 0.5) is 0 Å². The third-order valence-electron chi connectivity index (χ3n) is 3.39. The quantitative estimate of drug-likeness (QED) is 0.683. The second-order valence-corrected chi connectivity index (χ2v) is 4.84. The monoisotopic (exact) mass is 185 g/mol. The Balaban J connectivity index is 2.07. The van der Waals surface area contributed by atoms with Crippen molar-refractivity contribution < 1.29 is 5.11 Å². The van der Waals surface area contributed by atoms with Crippen LogP contribution in [0.15, 0.2) is 0 Å². The summed E-state index contributed by atoms with van der Waals surface area (Å²) in [6.45, 7) is 6.01. The molecule has 78 valence electrons. The molecular weight excluding hydrogens is 162 g/mol. The minimum absolute atomic E-state index is 0.345. The maximum Gasteiger partial charge on any atom is 0.0487 e. The largest absolute Gasteiger partial charge is 0.396 e. The van der Waals surface area contributed by atoms with Crippen molar-refractivity contribution in [3.63, 3.8) is 0 Å². The second-order valence-electron chi connectivity index (χ2n) is 4.84. The fourth-order valence-corrected chi connectivity index (χ4v) is 1.63. The Morgan fingerprint density at radius 3 is 2.38 bits per heavy atom. The maximum atomic E-state index is 9.12. The van der Waals surface area contributed by atoms with E-state index >= 15 is 0 Å². The molecule has 0 unspecified atom stereocenters. The molecule has 2 nitrogen and oxygen atoms in total. The molecule has 0 bridgehead atoms. The first-order valence-corrected chi connectivity index (χ1v) is 5.41. The molecule has 0 amide bonds. The normalized spacial score (nSPS) is 19.8. The van der Waals surface area contributed by atoms with Crippen LogP contribution in [0.2, 0.25) is 0 Å². The molecule has 1 rings (SSSR count). The van der Waals surface area contributed by atoms with Gasteiger partial charge in [-0.1, -0.05) is 0 Å². The van der Waals surface area contributed by atoms with Gasteiger partial charge in [0.2, 0.25) is 0 Å². The van der Waals surface area contributed by atoms with E-state index in [1.165, 1.54) is 32.2 Å². The van der Waals surface area contributed by atoms with Gasteiger partial charge in [0, 0.05) is 12.6 Å². The van der Waals surface area contributed by atoms with E-state index in [9.17, 15) is 0 Å². The standard InChI is InChI=1S/C11H23NO/c1-10(2)12(3)8-4-5-11(9-13)6-7-11/h10,13H,4-9H2,1-3H3. The Morgan fingerprint density at radius 1 is 1.38 bits per heavy atom. The van der Waals surface area contributed by atoms with Crippen LogP contribution >= 0.6 is 0 Å². The van der Waals surface area contributed by atoms with E-state index in [0.717, 1.165) is 0 Å². The first-order chi connectivity index (χ1) is 6.09. The Morgan fingerprint density at radius 2 is 2.00 bits per heavy atom. The van der Waals surface area contributed by atoms with E-state index in [0.29, 0.717) is 18.1 Å². The fraction of sp³-hybridized carbons (Fsp3) is 1.00. The number of aliphatic hydroxyl groups excluding tert-OH is 1. The minimum atomic E-state index is 0.345. The van der Waals surface area contributed by atoms with Crippen molar-refractivity contribution in [1.29, 1.82) is 0 Å². The average Bonchev–Trinajstić information content (AvgIpc) is 2.85. The minimum Gasteiger partial charge on any atom is -0.396 e. The number of nitrogens with zero attached hydrogens (tertiary/aromatic N) is 1. The SMILES string of the molecule is CC(C)N(C)CCCC1(CO)CC1. The lowest BCUT2D eigenvalue weighted by atomic mass is 10.0. The molecule has 2 heteroatoms. The summed E-state index contributed by atoms with van der Waals surface area (Å²) in [6.07, 6.45) is 4.93. The van der Waals surface area contributed by atoms with Crippen molar-refractivity contribution in [2.45, 2.75) is 45.6 Å². The van der Waals surface area contributed by atoms with Crippen molar-refractivity contribution >= 4 is 0 Å². The van der Waals surface area contributed by atoms with Crippen molar-refractivity contribution in [3.8, 4) is 0 Å². The molecule has 0 saturated heterocycles. The molecule has 0 aromatic rings. The Hall–Kier alpha value is -0.0800. The zero-order valence-corrected chi connectivity index (χ0v) is 9.21. The molecule has 0 atom stereocenters. The van der Waals surface area contributed by atoms with E-state index in [2.05, 4.69) is 25.8 Å². The molecule has 1 N–H and O–H groups in total. The van der Waals surface area contributed by atoms with Gasteiger partial charge < -0.3 is 10.0 Å². The number of rotatable bonds is 6. The molecule has 1 aliphatic carbocycles. The summed E-state index contributed by atoms with van der Waals surface area (Å²) in [5.74, 6) is 0. The lowest BCUT2D eigenvalue weighted by Crippen LogP contribution is -2.27. The third kappa shape index (κ3) is 3.28. The van der Waals surface area contributed by atoms with Crippen molar-refractivity contribution in [1.82, 2.24) is 4.90 Å². The predicted molar refractivity (Wildman–Crippen MR) is 55.8 cm³/mol. The molecule has 0 aromatic heterocycles. The highest BCUT2D eigenvalue weighted by molar-refractivity contribution is 4.92. The van der Waals surface area contributed by atoms with E-state index in [4.69, 9.17) is 5.11 Å². The molecule has 0 aliphatic heterocycles. The second kappa shape index (κ2) is 4.43. The van der Waals surface area contributed by atoms with Crippen LogP contribution in [0.5, 0.6) is 0 Å². The van der Waals surface area contributed by atoms with Gasteiger partial charge in [-0.2, -0.15) is 0 Å². The zero-order valence-electron chi connectivity index (χ0n) is 9.21. The van der Waals surface area contributed by atoms with Crippen molar-refractivity contribution in [2.75, 3.05) is 20.2 Å². The molecule has 1 fully saturated rings. The van der Waals surface area contributed by atoms with Gasteiger partial charge in [-0.3, -0.25) is 0 Å². The predicted octanol–water partition coefficient (Wildman–Crippen LogP) is 1.88. The first-order valence-electron chi connectivity index (χ1n) is 5.41. The van der Waals surface area contributed by atoms with Gasteiger partial charge in [0.25, 0.3) is 0 Å². The van der Waals surface area contributed by atoms with Crippen LogP contribution in [0.3, 0.4) is 0 Å². The Kier molecular flexibility index (Phi) is 3.74. The Labute approximate surface area is 81.9 Å². The molecule has 13 heavy (non-hydrogen) atoms. The average molecular weight is 185 g/mol. The highest BCUT2D eigenvalue weighted by atomic mass is 16.3. The molecule has 0 radical (unpaired) electrons. The van der Waals surface area contributed by atoms with E-state index < -0.39 is 0 Å². The van der Waals surface area contributed by atoms with Gasteiger partial charge in [0.15, 0.2) is 0 Å². The van der Waals surface area contributed by atoms with Crippen LogP contribution in [-0.4, -0.2) is 36.2 Å². The van der Waals surface area contributed by atoms with Gasteiger partial charge in [0.05, 0.1) is 0 Å². The van der Waals surface area contributed by atoms with Crippen molar-refractivity contribution in [2.24, 2.45) is 5.41 Å². The number of hydrogen-bond donors (Lipinski definition) is 1. The van der Waals surface area contributed by atoms with E-state index in [1.807, 2.05) is 0 Å². The molecule has 1 saturated carbocycles. The highest BCUT2D eigenvalue weighted by Gasteiger charge is 2.40. The molecule has 0 heterocycles. The first kappa shape index (κ1) is 11.0. The summed E-state index contributed by atoms with van der Waals surface area (Å²) in [7, 11) is 2.17. The van der Waals surface area contributed by atoms with Gasteiger partial charge >= 0.3 is 0 Å². The van der Waals surface area contributed by atoms with Crippen molar-refractivity contribution in [3.05, 3.63) is 0 Å². The molecule has 0 aromatic carbocycles. The van der Waals surface area contributed by atoms with Gasteiger partial charge in [-0.15, -0.1) is 0 Å². The topological polar surface area (TPSA) is 23.5 Å². The maximum absolute atomic E-state index is 9.12. The molecule has 0 spiro atoms. The molecule has 1 aliphatic rings. The van der Waals surface area contributed by atoms with E-state index in [-0.39, 0.29) is 0 Å². The highest BCUT2D eigenvalue weighted by Crippen LogP contribution is 2.48. The summed E-state index contributed by atoms with van der Waals surface area (Å²) < 4.78 is 0. The summed E-state index contributed by atoms with van der Waals surface area (Å²) in [5.41, 5.74) is 0.345. The molecular formula is C11H23NO. The number of hydrogen-bond acceptors (Lipinski definition) is 2. The number of aliphatic hydroxyl groups is 1. The third-order valence-corrected chi connectivity index (χ3v) is 3.39. The summed E-state index contributed by atoms with van der Waals surface area (Å²) >= 11 is 0. The van der Waals surface area contributed by atoms with Crippen LogP contribution < -0.4 is 0 Å². The van der Waals surface area contributed by atoms with Crippen LogP contribution in [-0.2, 0) is 0 Å². The van der Waals surface area contributed by atoms with Gasteiger partial charge in [0.1, 0.15) is 0 Å². The zero-order chi connectivity index (χ0) is 9.90. The van der Waals surface area contributed by atoms with Gasteiger partial charge in [-0.25, -0.2) is 0 Å². The van der Waals surface area contributed by atoms with Crippen LogP contribution in [0, 0.1) is 5.41 Å². The van der Waals surface area contributed by atoms with Crippen LogP contribution in [0.25, 0.3) is 0 Å². The van der Waals surface area contributed by atoms with Crippen LogP contribution in [0.1, 0.15) is 39.5 Å². The van der Waals surface area contributed by atoms with E-state index in [1.54, 1.807) is 0 Å². The smallest absolute Gasteiger partial charge is 0.0487 e. The fourth-order valence-electron chi connectivity index (χ4n) is 1.63. The summed E-state index contributed by atoms with van der Waals surface area (Å²) in [6, 6.07) is 0.643.